The number of morpholine rings is 1. The molecule has 0 radical (unpaired) electrons. The van der Waals surface area contributed by atoms with Crippen LogP contribution >= 0.6 is 0 Å². The maximum absolute atomic E-state index is 12.9. The molecular formula is C19H23N3O3. The summed E-state index contributed by atoms with van der Waals surface area (Å²) in [7, 11) is 0. The van der Waals surface area contributed by atoms with Crippen LogP contribution in [0.15, 0.2) is 18.2 Å². The average molecular weight is 341 g/mol. The van der Waals surface area contributed by atoms with Crippen LogP contribution in [0, 0.1) is 19.8 Å². The zero-order chi connectivity index (χ0) is 17.6. The van der Waals surface area contributed by atoms with Crippen LogP contribution in [0.25, 0.3) is 10.9 Å². The molecule has 2 saturated heterocycles. The minimum Gasteiger partial charge on any atom is -0.378 e. The number of carbonyl (C=O) groups excluding carboxylic acids is 2. The normalized spacial score (nSPS) is 18.5. The van der Waals surface area contributed by atoms with Crippen molar-refractivity contribution in [3.63, 3.8) is 0 Å². The summed E-state index contributed by atoms with van der Waals surface area (Å²) in [5.41, 5.74) is 3.90. The van der Waals surface area contributed by atoms with Gasteiger partial charge in [-0.05, 0) is 31.5 Å². The Morgan fingerprint density at radius 1 is 1.12 bits per heavy atom. The summed E-state index contributed by atoms with van der Waals surface area (Å²) in [6, 6.07) is 5.77. The Balaban J connectivity index is 1.48. The number of nitrogens with zero attached hydrogens (tertiary/aromatic N) is 2. The number of rotatable bonds is 2. The molecule has 3 heterocycles. The number of carbonyl (C=O) groups is 2. The molecule has 0 bridgehead atoms. The third-order valence-electron chi connectivity index (χ3n) is 5.40. The summed E-state index contributed by atoms with van der Waals surface area (Å²) < 4.78 is 5.29. The predicted molar refractivity (Wildman–Crippen MR) is 94.6 cm³/mol. The highest BCUT2D eigenvalue weighted by Gasteiger charge is 2.38. The van der Waals surface area contributed by atoms with Gasteiger partial charge in [-0.25, -0.2) is 0 Å². The number of benzene rings is 1. The lowest BCUT2D eigenvalue weighted by Crippen LogP contribution is -2.57. The number of amides is 2. The molecular weight excluding hydrogens is 318 g/mol. The predicted octanol–water partition coefficient (Wildman–Crippen LogP) is 1.72. The Labute approximate surface area is 146 Å². The number of aromatic nitrogens is 1. The van der Waals surface area contributed by atoms with E-state index in [1.165, 1.54) is 0 Å². The van der Waals surface area contributed by atoms with Crippen molar-refractivity contribution in [3.8, 4) is 0 Å². The molecule has 0 aliphatic carbocycles. The van der Waals surface area contributed by atoms with Crippen molar-refractivity contribution in [2.45, 2.75) is 13.8 Å². The molecule has 2 aromatic rings. The molecule has 0 unspecified atom stereocenters. The van der Waals surface area contributed by atoms with Crippen molar-refractivity contribution in [1.29, 1.82) is 0 Å². The SMILES string of the molecule is Cc1[nH]c2cccc(C(=O)N3CC(C(=O)N4CCOCC4)C3)c2c1C. The average Bonchev–Trinajstić information content (AvgIpc) is 2.88. The molecule has 2 amide bonds. The number of hydrogen-bond acceptors (Lipinski definition) is 3. The Kier molecular flexibility index (Phi) is 4.00. The highest BCUT2D eigenvalue weighted by molar-refractivity contribution is 6.08. The molecule has 1 N–H and O–H groups in total. The van der Waals surface area contributed by atoms with Crippen LogP contribution < -0.4 is 0 Å². The monoisotopic (exact) mass is 341 g/mol. The number of ether oxygens (including phenoxy) is 1. The number of likely N-dealkylation sites (tertiary alicyclic amines) is 1. The number of aromatic amines is 1. The van der Waals surface area contributed by atoms with E-state index in [9.17, 15) is 9.59 Å². The second-order valence-corrected chi connectivity index (χ2v) is 6.95. The standard InChI is InChI=1S/C19H23N3O3/c1-12-13(2)20-16-5-3-4-15(17(12)16)19(24)22-10-14(11-22)18(23)21-6-8-25-9-7-21/h3-5,14,20H,6-11H2,1-2H3. The minimum absolute atomic E-state index is 0.0127. The van der Waals surface area contributed by atoms with Gasteiger partial charge in [0.15, 0.2) is 0 Å². The van der Waals surface area contributed by atoms with E-state index in [1.54, 1.807) is 4.90 Å². The van der Waals surface area contributed by atoms with Gasteiger partial charge in [-0.3, -0.25) is 9.59 Å². The van der Waals surface area contributed by atoms with Gasteiger partial charge in [-0.2, -0.15) is 0 Å². The van der Waals surface area contributed by atoms with Gasteiger partial charge in [0.05, 0.1) is 19.1 Å². The minimum atomic E-state index is -0.0738. The van der Waals surface area contributed by atoms with E-state index in [4.69, 9.17) is 4.74 Å². The summed E-state index contributed by atoms with van der Waals surface area (Å²) in [6.07, 6.45) is 0. The number of fused-ring (bicyclic) bond motifs is 1. The highest BCUT2D eigenvalue weighted by atomic mass is 16.5. The Bertz CT molecular complexity index is 830. The second kappa shape index (κ2) is 6.19. The zero-order valence-electron chi connectivity index (χ0n) is 14.7. The topological polar surface area (TPSA) is 65.6 Å². The second-order valence-electron chi connectivity index (χ2n) is 6.95. The summed E-state index contributed by atoms with van der Waals surface area (Å²) in [4.78, 5) is 32.4. The molecule has 0 spiro atoms. The van der Waals surface area contributed by atoms with Crippen molar-refractivity contribution in [2.24, 2.45) is 5.92 Å². The van der Waals surface area contributed by atoms with Gasteiger partial charge in [0.25, 0.3) is 5.91 Å². The smallest absolute Gasteiger partial charge is 0.254 e. The lowest BCUT2D eigenvalue weighted by Gasteiger charge is -2.41. The molecule has 1 aromatic carbocycles. The van der Waals surface area contributed by atoms with Gasteiger partial charge in [0.2, 0.25) is 5.91 Å². The van der Waals surface area contributed by atoms with Crippen molar-refractivity contribution >= 4 is 22.7 Å². The highest BCUT2D eigenvalue weighted by Crippen LogP contribution is 2.28. The largest absolute Gasteiger partial charge is 0.378 e. The van der Waals surface area contributed by atoms with Gasteiger partial charge < -0.3 is 19.5 Å². The van der Waals surface area contributed by atoms with Gasteiger partial charge in [-0.1, -0.05) is 6.07 Å². The van der Waals surface area contributed by atoms with Gasteiger partial charge in [-0.15, -0.1) is 0 Å². The van der Waals surface area contributed by atoms with E-state index in [0.29, 0.717) is 39.4 Å². The first kappa shape index (κ1) is 16.1. The molecule has 6 nitrogen and oxygen atoms in total. The lowest BCUT2D eigenvalue weighted by molar-refractivity contribution is -0.143. The van der Waals surface area contributed by atoms with Crippen LogP contribution in [0.4, 0.5) is 0 Å². The fraction of sp³-hybridized carbons (Fsp3) is 0.474. The fourth-order valence-electron chi connectivity index (χ4n) is 3.73. The van der Waals surface area contributed by atoms with Crippen molar-refractivity contribution in [3.05, 3.63) is 35.0 Å². The number of nitrogens with one attached hydrogen (secondary N) is 1. The van der Waals surface area contributed by atoms with Crippen LogP contribution in [0.2, 0.25) is 0 Å². The molecule has 2 aliphatic heterocycles. The molecule has 0 atom stereocenters. The first-order chi connectivity index (χ1) is 12.1. The van der Waals surface area contributed by atoms with E-state index < -0.39 is 0 Å². The summed E-state index contributed by atoms with van der Waals surface area (Å²) in [6.45, 7) is 7.59. The van der Waals surface area contributed by atoms with E-state index in [-0.39, 0.29) is 17.7 Å². The van der Waals surface area contributed by atoms with Gasteiger partial charge in [0.1, 0.15) is 0 Å². The Morgan fingerprint density at radius 3 is 2.56 bits per heavy atom. The van der Waals surface area contributed by atoms with Crippen molar-refractivity contribution in [1.82, 2.24) is 14.8 Å². The van der Waals surface area contributed by atoms with Crippen LogP contribution in [0.5, 0.6) is 0 Å². The fourth-order valence-corrected chi connectivity index (χ4v) is 3.73. The summed E-state index contributed by atoms with van der Waals surface area (Å²) in [5, 5.41) is 0.993. The van der Waals surface area contributed by atoms with Crippen molar-refractivity contribution in [2.75, 3.05) is 39.4 Å². The Hall–Kier alpha value is -2.34. The first-order valence-corrected chi connectivity index (χ1v) is 8.80. The van der Waals surface area contributed by atoms with E-state index in [0.717, 1.165) is 27.7 Å². The van der Waals surface area contributed by atoms with Crippen molar-refractivity contribution < 1.29 is 14.3 Å². The summed E-state index contributed by atoms with van der Waals surface area (Å²) in [5.74, 6) is 0.0910. The maximum atomic E-state index is 12.9. The van der Waals surface area contributed by atoms with E-state index in [1.807, 2.05) is 36.9 Å². The third kappa shape index (κ3) is 2.70. The van der Waals surface area contributed by atoms with Crippen LogP contribution in [-0.4, -0.2) is 66.0 Å². The lowest BCUT2D eigenvalue weighted by atomic mass is 9.95. The van der Waals surface area contributed by atoms with Crippen LogP contribution in [0.3, 0.4) is 0 Å². The maximum Gasteiger partial charge on any atom is 0.254 e. The molecule has 4 rings (SSSR count). The van der Waals surface area contributed by atoms with Gasteiger partial charge in [0, 0.05) is 48.3 Å². The van der Waals surface area contributed by atoms with E-state index in [2.05, 4.69) is 4.98 Å². The zero-order valence-corrected chi connectivity index (χ0v) is 14.7. The Morgan fingerprint density at radius 2 is 1.84 bits per heavy atom. The number of hydrogen-bond donors (Lipinski definition) is 1. The summed E-state index contributed by atoms with van der Waals surface area (Å²) >= 11 is 0. The first-order valence-electron chi connectivity index (χ1n) is 8.80. The van der Waals surface area contributed by atoms with Gasteiger partial charge >= 0.3 is 0 Å². The molecule has 1 aromatic heterocycles. The quantitative estimate of drug-likeness (QED) is 0.904. The molecule has 132 valence electrons. The number of H-pyrrole nitrogens is 1. The van der Waals surface area contributed by atoms with E-state index >= 15 is 0 Å². The third-order valence-corrected chi connectivity index (χ3v) is 5.40. The molecule has 0 saturated carbocycles. The van der Waals surface area contributed by atoms with Crippen LogP contribution in [-0.2, 0) is 9.53 Å². The number of aryl methyl sites for hydroxylation is 2. The molecule has 6 heteroatoms. The molecule has 2 aliphatic rings. The molecule has 25 heavy (non-hydrogen) atoms. The molecule has 2 fully saturated rings. The van der Waals surface area contributed by atoms with Crippen LogP contribution in [0.1, 0.15) is 21.6 Å².